The predicted molar refractivity (Wildman–Crippen MR) is 123 cm³/mol. The number of fused-ring (bicyclic) bond motifs is 1. The van der Waals surface area contributed by atoms with Gasteiger partial charge in [-0.1, -0.05) is 0 Å². The summed E-state index contributed by atoms with van der Waals surface area (Å²) in [6.07, 6.45) is 6.43. The van der Waals surface area contributed by atoms with Crippen molar-refractivity contribution in [3.05, 3.63) is 66.4 Å². The molecule has 0 saturated carbocycles. The van der Waals surface area contributed by atoms with Gasteiger partial charge >= 0.3 is 11.8 Å². The second kappa shape index (κ2) is 9.07. The number of aromatic nitrogens is 4. The molecule has 33 heavy (non-hydrogen) atoms. The van der Waals surface area contributed by atoms with Crippen LogP contribution in [0.4, 0.5) is 17.3 Å². The first-order valence-corrected chi connectivity index (χ1v) is 9.86. The van der Waals surface area contributed by atoms with E-state index in [1.807, 2.05) is 25.1 Å². The second-order valence-corrected chi connectivity index (χ2v) is 7.16. The third-order valence-electron chi connectivity index (χ3n) is 4.85. The normalized spacial score (nSPS) is 10.4. The largest absolute Gasteiger partial charge is 0.383 e. The summed E-state index contributed by atoms with van der Waals surface area (Å²) >= 11 is 0. The summed E-state index contributed by atoms with van der Waals surface area (Å²) in [5.74, 6) is -1.30. The number of anilines is 3. The molecule has 0 unspecified atom stereocenters. The van der Waals surface area contributed by atoms with Crippen LogP contribution in [0, 0.1) is 18.3 Å². The summed E-state index contributed by atoms with van der Waals surface area (Å²) < 4.78 is 0. The summed E-state index contributed by atoms with van der Waals surface area (Å²) in [5, 5.41) is 14.9. The molecular weight excluding hydrogens is 420 g/mol. The fourth-order valence-electron chi connectivity index (χ4n) is 3.16. The number of amides is 2. The molecule has 0 spiro atoms. The van der Waals surface area contributed by atoms with E-state index >= 15 is 0 Å². The van der Waals surface area contributed by atoms with Crippen molar-refractivity contribution in [1.82, 2.24) is 19.9 Å². The molecule has 0 aliphatic heterocycles. The third-order valence-corrected chi connectivity index (χ3v) is 4.85. The third kappa shape index (κ3) is 4.72. The van der Waals surface area contributed by atoms with Crippen LogP contribution in [0.15, 0.2) is 55.1 Å². The second-order valence-electron chi connectivity index (χ2n) is 7.16. The number of hydrogen-bond donors (Lipinski definition) is 3. The summed E-state index contributed by atoms with van der Waals surface area (Å²) in [6, 6.07) is 10.5. The van der Waals surface area contributed by atoms with Crippen LogP contribution >= 0.6 is 0 Å². The van der Waals surface area contributed by atoms with Gasteiger partial charge in [0.15, 0.2) is 0 Å². The van der Waals surface area contributed by atoms with Gasteiger partial charge in [-0.05, 0) is 48.2 Å². The number of nitriles is 1. The lowest BCUT2D eigenvalue weighted by Gasteiger charge is -2.10. The Morgan fingerprint density at radius 2 is 1.88 bits per heavy atom. The molecule has 0 fully saturated rings. The highest BCUT2D eigenvalue weighted by Crippen LogP contribution is 2.28. The summed E-state index contributed by atoms with van der Waals surface area (Å²) in [6.45, 7) is 1.95. The molecule has 0 aliphatic carbocycles. The van der Waals surface area contributed by atoms with Crippen LogP contribution in [0.25, 0.3) is 22.0 Å². The first kappa shape index (κ1) is 21.3. The summed E-state index contributed by atoms with van der Waals surface area (Å²) in [7, 11) is 0. The van der Waals surface area contributed by atoms with E-state index in [4.69, 9.17) is 11.0 Å². The van der Waals surface area contributed by atoms with E-state index in [2.05, 4.69) is 30.6 Å². The molecule has 0 atom stereocenters. The number of rotatable bonds is 4. The molecular formula is C23H18N8O2. The van der Waals surface area contributed by atoms with E-state index in [-0.39, 0.29) is 12.2 Å². The Labute approximate surface area is 188 Å². The molecule has 0 aliphatic rings. The van der Waals surface area contributed by atoms with Gasteiger partial charge in [-0.3, -0.25) is 19.6 Å². The van der Waals surface area contributed by atoms with Gasteiger partial charge in [0.2, 0.25) is 0 Å². The van der Waals surface area contributed by atoms with Gasteiger partial charge in [0, 0.05) is 29.5 Å². The van der Waals surface area contributed by atoms with Gasteiger partial charge in [-0.2, -0.15) is 5.26 Å². The number of nitrogens with two attached hydrogens (primary N) is 1. The zero-order valence-corrected chi connectivity index (χ0v) is 17.5. The molecule has 0 bridgehead atoms. The monoisotopic (exact) mass is 438 g/mol. The van der Waals surface area contributed by atoms with Crippen molar-refractivity contribution < 1.29 is 9.59 Å². The summed E-state index contributed by atoms with van der Waals surface area (Å²) in [4.78, 5) is 41.4. The number of carbonyl (C=O) groups excluding carboxylic acids is 2. The maximum atomic E-state index is 12.4. The Morgan fingerprint density at radius 3 is 2.61 bits per heavy atom. The lowest BCUT2D eigenvalue weighted by atomic mass is 10.1. The minimum absolute atomic E-state index is 0.157. The average molecular weight is 438 g/mol. The zero-order chi connectivity index (χ0) is 23.4. The molecule has 0 aromatic carbocycles. The molecule has 162 valence electrons. The molecule has 4 heterocycles. The Balaban J connectivity index is 1.53. The lowest BCUT2D eigenvalue weighted by Crippen LogP contribution is -2.29. The summed E-state index contributed by atoms with van der Waals surface area (Å²) in [5.41, 5.74) is 9.47. The van der Waals surface area contributed by atoms with Crippen LogP contribution in [-0.4, -0.2) is 31.8 Å². The quantitative estimate of drug-likeness (QED) is 0.410. The van der Waals surface area contributed by atoms with Crippen molar-refractivity contribution in [2.45, 2.75) is 13.3 Å². The lowest BCUT2D eigenvalue weighted by molar-refractivity contribution is -0.133. The highest BCUT2D eigenvalue weighted by Gasteiger charge is 2.16. The fourth-order valence-corrected chi connectivity index (χ4v) is 3.16. The average Bonchev–Trinajstić information content (AvgIpc) is 2.80. The van der Waals surface area contributed by atoms with Crippen molar-refractivity contribution in [2.24, 2.45) is 0 Å². The van der Waals surface area contributed by atoms with E-state index in [0.717, 1.165) is 11.1 Å². The van der Waals surface area contributed by atoms with Crippen LogP contribution in [0.2, 0.25) is 0 Å². The Hall–Kier alpha value is -4.91. The molecule has 0 saturated heterocycles. The zero-order valence-electron chi connectivity index (χ0n) is 17.5. The number of pyridine rings is 4. The highest BCUT2D eigenvalue weighted by atomic mass is 16.2. The molecule has 0 radical (unpaired) electrons. The molecule has 4 N–H and O–H groups in total. The van der Waals surface area contributed by atoms with Crippen LogP contribution in [-0.2, 0) is 16.0 Å². The van der Waals surface area contributed by atoms with E-state index in [0.29, 0.717) is 33.7 Å². The molecule has 4 rings (SSSR count). The fraction of sp³-hybridized carbons (Fsp3) is 0.0870. The van der Waals surface area contributed by atoms with Crippen molar-refractivity contribution in [1.29, 1.82) is 5.26 Å². The van der Waals surface area contributed by atoms with Gasteiger partial charge in [0.1, 0.15) is 11.6 Å². The van der Waals surface area contributed by atoms with Crippen LogP contribution < -0.4 is 16.4 Å². The van der Waals surface area contributed by atoms with Gasteiger partial charge < -0.3 is 16.4 Å². The van der Waals surface area contributed by atoms with E-state index in [9.17, 15) is 9.59 Å². The topological polar surface area (TPSA) is 160 Å². The smallest absolute Gasteiger partial charge is 0.315 e. The minimum atomic E-state index is -0.895. The maximum Gasteiger partial charge on any atom is 0.315 e. The number of nitrogen functional groups attached to an aromatic ring is 1. The van der Waals surface area contributed by atoms with Crippen molar-refractivity contribution in [3.8, 4) is 17.3 Å². The molecule has 10 heteroatoms. The Kier molecular flexibility index (Phi) is 5.86. The maximum absolute atomic E-state index is 12.4. The first-order chi connectivity index (χ1) is 15.9. The molecule has 4 aromatic rings. The van der Waals surface area contributed by atoms with Gasteiger partial charge in [0.25, 0.3) is 0 Å². The van der Waals surface area contributed by atoms with Crippen molar-refractivity contribution in [2.75, 3.05) is 16.4 Å². The Morgan fingerprint density at radius 1 is 1.06 bits per heavy atom. The predicted octanol–water partition coefficient (Wildman–Crippen LogP) is 2.62. The number of aryl methyl sites for hydroxylation is 1. The van der Waals surface area contributed by atoms with Gasteiger partial charge in [0.05, 0.1) is 35.8 Å². The first-order valence-electron chi connectivity index (χ1n) is 9.86. The SMILES string of the molecule is Cc1ccncc1-c1cc2cc(NC(=O)C(=O)Nc3ccc(CC#N)nc3)ncc2c(N)n1. The minimum Gasteiger partial charge on any atom is -0.383 e. The number of carbonyl (C=O) groups is 2. The highest BCUT2D eigenvalue weighted by molar-refractivity contribution is 6.43. The van der Waals surface area contributed by atoms with Gasteiger partial charge in [-0.25, -0.2) is 9.97 Å². The molecule has 4 aromatic heterocycles. The standard InChI is InChI=1S/C23H18N8O2/c1-13-5-7-26-11-17(13)19-8-14-9-20(28-12-18(14)21(25)30-19)31-23(33)22(32)29-16-3-2-15(4-6-24)27-10-16/h2-3,5,7-12H,4H2,1H3,(H2,25,30)(H,29,32)(H,28,31,33). The van der Waals surface area contributed by atoms with Crippen molar-refractivity contribution >= 4 is 39.9 Å². The van der Waals surface area contributed by atoms with E-state index in [1.165, 1.54) is 12.4 Å². The Bertz CT molecular complexity index is 1410. The number of hydrogen-bond acceptors (Lipinski definition) is 8. The number of nitrogens with one attached hydrogen (secondary N) is 2. The van der Waals surface area contributed by atoms with Crippen LogP contribution in [0.3, 0.4) is 0 Å². The number of nitrogens with zero attached hydrogens (tertiary/aromatic N) is 5. The van der Waals surface area contributed by atoms with Crippen LogP contribution in [0.5, 0.6) is 0 Å². The van der Waals surface area contributed by atoms with Crippen LogP contribution in [0.1, 0.15) is 11.3 Å². The molecule has 2 amide bonds. The van der Waals surface area contributed by atoms with Gasteiger partial charge in [-0.15, -0.1) is 0 Å². The van der Waals surface area contributed by atoms with E-state index < -0.39 is 11.8 Å². The van der Waals surface area contributed by atoms with Crippen molar-refractivity contribution in [3.63, 3.8) is 0 Å². The van der Waals surface area contributed by atoms with E-state index in [1.54, 1.807) is 30.6 Å². The molecule has 10 nitrogen and oxygen atoms in total.